The van der Waals surface area contributed by atoms with Gasteiger partial charge < -0.3 is 15.0 Å². The zero-order valence-corrected chi connectivity index (χ0v) is 15.1. The average molecular weight is 365 g/mol. The van der Waals surface area contributed by atoms with Crippen LogP contribution in [0.5, 0.6) is 5.75 Å². The summed E-state index contributed by atoms with van der Waals surface area (Å²) >= 11 is 0. The number of para-hydroxylation sites is 1. The van der Waals surface area contributed by atoms with E-state index in [0.717, 1.165) is 17.9 Å². The fraction of sp³-hybridized carbons (Fsp3) is 0.316. The molecule has 1 N–H and O–H groups in total. The number of hydrogen-bond donors (Lipinski definition) is 1. The maximum absolute atomic E-state index is 13.5. The Labute approximate surface area is 153 Å². The second-order valence-electron chi connectivity index (χ2n) is 5.92. The first-order chi connectivity index (χ1) is 11.6. The lowest BCUT2D eigenvalue weighted by Crippen LogP contribution is -2.48. The lowest BCUT2D eigenvalue weighted by molar-refractivity contribution is 0.0631. The van der Waals surface area contributed by atoms with Crippen LogP contribution in [0.3, 0.4) is 0 Å². The van der Waals surface area contributed by atoms with Crippen LogP contribution in [0, 0.1) is 12.7 Å². The van der Waals surface area contributed by atoms with Gasteiger partial charge in [-0.2, -0.15) is 0 Å². The van der Waals surface area contributed by atoms with E-state index in [1.54, 1.807) is 26.2 Å². The number of benzene rings is 2. The van der Waals surface area contributed by atoms with Crippen LogP contribution in [0.2, 0.25) is 0 Å². The van der Waals surface area contributed by atoms with E-state index in [0.29, 0.717) is 24.2 Å². The summed E-state index contributed by atoms with van der Waals surface area (Å²) in [5, 5.41) is 3.33. The van der Waals surface area contributed by atoms with Gasteiger partial charge in [-0.3, -0.25) is 4.79 Å². The van der Waals surface area contributed by atoms with Gasteiger partial charge in [0.15, 0.2) is 0 Å². The molecule has 0 aliphatic carbocycles. The second kappa shape index (κ2) is 8.32. The van der Waals surface area contributed by atoms with Gasteiger partial charge in [-0.15, -0.1) is 12.4 Å². The van der Waals surface area contributed by atoms with Crippen LogP contribution < -0.4 is 10.1 Å². The number of halogens is 2. The summed E-state index contributed by atoms with van der Waals surface area (Å²) in [4.78, 5) is 14.8. The number of ether oxygens (including phenoxy) is 1. The molecule has 0 spiro atoms. The number of nitrogens with one attached hydrogen (secondary N) is 1. The topological polar surface area (TPSA) is 41.6 Å². The number of methoxy groups -OCH3 is 1. The highest BCUT2D eigenvalue weighted by molar-refractivity contribution is 5.94. The van der Waals surface area contributed by atoms with Crippen molar-refractivity contribution in [3.63, 3.8) is 0 Å². The summed E-state index contributed by atoms with van der Waals surface area (Å²) in [6, 6.07) is 12.1. The fourth-order valence-electron chi connectivity index (χ4n) is 3.11. The molecule has 3 rings (SSSR count). The van der Waals surface area contributed by atoms with Crippen molar-refractivity contribution in [1.29, 1.82) is 0 Å². The van der Waals surface area contributed by atoms with Gasteiger partial charge in [0.1, 0.15) is 11.6 Å². The molecule has 2 aromatic carbocycles. The molecule has 6 heteroatoms. The van der Waals surface area contributed by atoms with Crippen molar-refractivity contribution >= 4 is 18.3 Å². The third-order valence-electron chi connectivity index (χ3n) is 4.41. The minimum absolute atomic E-state index is 0. The summed E-state index contributed by atoms with van der Waals surface area (Å²) in [5.74, 6) is 0.378. The Kier molecular flexibility index (Phi) is 6.39. The second-order valence-corrected chi connectivity index (χ2v) is 5.92. The number of nitrogens with zero attached hydrogens (tertiary/aromatic N) is 1. The average Bonchev–Trinajstić information content (AvgIpc) is 2.63. The van der Waals surface area contributed by atoms with E-state index in [4.69, 9.17) is 4.74 Å². The van der Waals surface area contributed by atoms with Crippen molar-refractivity contribution in [2.24, 2.45) is 0 Å². The van der Waals surface area contributed by atoms with Crippen molar-refractivity contribution in [3.8, 4) is 5.75 Å². The SMILES string of the molecule is COc1ccccc1C1CNCCN1C(=O)c1ccc(F)c(C)c1.Cl. The van der Waals surface area contributed by atoms with Crippen molar-refractivity contribution in [3.05, 3.63) is 65.0 Å². The van der Waals surface area contributed by atoms with Crippen molar-refractivity contribution < 1.29 is 13.9 Å². The van der Waals surface area contributed by atoms with Crippen LogP contribution in [-0.2, 0) is 0 Å². The number of aryl methyl sites for hydroxylation is 1. The number of hydrogen-bond acceptors (Lipinski definition) is 3. The summed E-state index contributed by atoms with van der Waals surface area (Å²) in [6.45, 7) is 3.66. The van der Waals surface area contributed by atoms with Gasteiger partial charge in [-0.1, -0.05) is 18.2 Å². The van der Waals surface area contributed by atoms with E-state index in [-0.39, 0.29) is 30.2 Å². The molecule has 1 fully saturated rings. The molecule has 1 atom stereocenters. The number of amides is 1. The van der Waals surface area contributed by atoms with Crippen LogP contribution in [0.25, 0.3) is 0 Å². The standard InChI is InChI=1S/C19H21FN2O2.ClH/c1-13-11-14(7-8-16(13)20)19(23)22-10-9-21-12-17(22)15-5-3-4-6-18(15)24-2;/h3-8,11,17,21H,9-10,12H2,1-2H3;1H. The van der Waals surface area contributed by atoms with Crippen molar-refractivity contribution in [1.82, 2.24) is 10.2 Å². The Balaban J connectivity index is 0.00000225. The Morgan fingerprint density at radius 1 is 1.28 bits per heavy atom. The van der Waals surface area contributed by atoms with Crippen molar-refractivity contribution in [2.75, 3.05) is 26.7 Å². The molecule has 1 aliphatic rings. The normalized spacial score (nSPS) is 16.9. The Morgan fingerprint density at radius 3 is 2.76 bits per heavy atom. The summed E-state index contributed by atoms with van der Waals surface area (Å²) in [7, 11) is 1.63. The van der Waals surface area contributed by atoms with Gasteiger partial charge in [-0.25, -0.2) is 4.39 Å². The van der Waals surface area contributed by atoms with Crippen LogP contribution in [0.15, 0.2) is 42.5 Å². The third kappa shape index (κ3) is 3.94. The quantitative estimate of drug-likeness (QED) is 0.908. The molecule has 1 heterocycles. The summed E-state index contributed by atoms with van der Waals surface area (Å²) < 4.78 is 18.9. The predicted octanol–water partition coefficient (Wildman–Crippen LogP) is 3.35. The molecule has 2 aromatic rings. The van der Waals surface area contributed by atoms with Crippen LogP contribution >= 0.6 is 12.4 Å². The maximum Gasteiger partial charge on any atom is 0.254 e. The summed E-state index contributed by atoms with van der Waals surface area (Å²) in [5.41, 5.74) is 1.96. The molecule has 1 amide bonds. The van der Waals surface area contributed by atoms with Gasteiger partial charge in [0, 0.05) is 30.8 Å². The molecule has 1 saturated heterocycles. The Hall–Kier alpha value is -2.11. The van der Waals surface area contributed by atoms with Gasteiger partial charge in [-0.05, 0) is 36.8 Å². The molecule has 25 heavy (non-hydrogen) atoms. The predicted molar refractivity (Wildman–Crippen MR) is 98.0 cm³/mol. The molecule has 1 aliphatic heterocycles. The highest BCUT2D eigenvalue weighted by Gasteiger charge is 2.30. The van der Waals surface area contributed by atoms with Gasteiger partial charge in [0.05, 0.1) is 13.2 Å². The largest absolute Gasteiger partial charge is 0.496 e. The first kappa shape index (κ1) is 19.2. The molecule has 0 aromatic heterocycles. The highest BCUT2D eigenvalue weighted by atomic mass is 35.5. The Morgan fingerprint density at radius 2 is 2.04 bits per heavy atom. The molecule has 0 saturated carbocycles. The third-order valence-corrected chi connectivity index (χ3v) is 4.41. The molecule has 1 unspecified atom stereocenters. The fourth-order valence-corrected chi connectivity index (χ4v) is 3.11. The maximum atomic E-state index is 13.5. The summed E-state index contributed by atoms with van der Waals surface area (Å²) in [6.07, 6.45) is 0. The van der Waals surface area contributed by atoms with Crippen molar-refractivity contribution in [2.45, 2.75) is 13.0 Å². The molecule has 0 radical (unpaired) electrons. The molecule has 0 bridgehead atoms. The van der Waals surface area contributed by atoms with E-state index in [1.165, 1.54) is 6.07 Å². The number of carbonyl (C=O) groups excluding carboxylic acids is 1. The highest BCUT2D eigenvalue weighted by Crippen LogP contribution is 2.31. The van der Waals surface area contributed by atoms with E-state index in [1.807, 2.05) is 29.2 Å². The number of rotatable bonds is 3. The Bertz CT molecular complexity index is 754. The van der Waals surface area contributed by atoms with E-state index >= 15 is 0 Å². The van der Waals surface area contributed by atoms with E-state index in [9.17, 15) is 9.18 Å². The lowest BCUT2D eigenvalue weighted by atomic mass is 10.0. The first-order valence-electron chi connectivity index (χ1n) is 8.02. The lowest BCUT2D eigenvalue weighted by Gasteiger charge is -2.37. The van der Waals surface area contributed by atoms with E-state index in [2.05, 4.69) is 5.32 Å². The van der Waals surface area contributed by atoms with E-state index < -0.39 is 0 Å². The van der Waals surface area contributed by atoms with Crippen LogP contribution in [-0.4, -0.2) is 37.6 Å². The number of piperazine rings is 1. The minimum Gasteiger partial charge on any atom is -0.496 e. The van der Waals surface area contributed by atoms with Gasteiger partial charge in [0.25, 0.3) is 5.91 Å². The molecule has 4 nitrogen and oxygen atoms in total. The number of carbonyl (C=O) groups is 1. The van der Waals surface area contributed by atoms with Gasteiger partial charge in [0.2, 0.25) is 0 Å². The zero-order valence-electron chi connectivity index (χ0n) is 14.3. The molecule has 134 valence electrons. The minimum atomic E-state index is -0.298. The van der Waals surface area contributed by atoms with Crippen LogP contribution in [0.1, 0.15) is 27.5 Å². The smallest absolute Gasteiger partial charge is 0.254 e. The van der Waals surface area contributed by atoms with Gasteiger partial charge >= 0.3 is 0 Å². The molecular formula is C19H22ClFN2O2. The molecular weight excluding hydrogens is 343 g/mol. The van der Waals surface area contributed by atoms with Crippen LogP contribution in [0.4, 0.5) is 4.39 Å². The zero-order chi connectivity index (χ0) is 17.1. The monoisotopic (exact) mass is 364 g/mol. The first-order valence-corrected chi connectivity index (χ1v) is 8.02.